The Labute approximate surface area is 144 Å². The molecule has 0 radical (unpaired) electrons. The molecule has 0 N–H and O–H groups in total. The number of nitrogens with zero attached hydrogens (tertiary/aromatic N) is 3. The summed E-state index contributed by atoms with van der Waals surface area (Å²) in [6, 6.07) is 12.4. The van der Waals surface area contributed by atoms with Crippen LogP contribution in [0, 0.1) is 0 Å². The lowest BCUT2D eigenvalue weighted by Crippen LogP contribution is -2.43. The lowest BCUT2D eigenvalue weighted by molar-refractivity contribution is 0.0607. The van der Waals surface area contributed by atoms with Gasteiger partial charge in [-0.1, -0.05) is 25.1 Å². The van der Waals surface area contributed by atoms with Crippen molar-refractivity contribution < 1.29 is 4.79 Å². The zero-order valence-electron chi connectivity index (χ0n) is 14.5. The van der Waals surface area contributed by atoms with Crippen molar-refractivity contribution in [2.75, 3.05) is 18.5 Å². The third-order valence-electron chi connectivity index (χ3n) is 4.86. The third-order valence-corrected chi connectivity index (χ3v) is 4.86. The summed E-state index contributed by atoms with van der Waals surface area (Å²) in [7, 11) is 2.00. The number of hydrogen-bond acceptors (Lipinski definition) is 3. The van der Waals surface area contributed by atoms with E-state index in [-0.39, 0.29) is 5.91 Å². The summed E-state index contributed by atoms with van der Waals surface area (Å²) in [5.41, 5.74) is 2.68. The van der Waals surface area contributed by atoms with Gasteiger partial charge in [-0.05, 0) is 43.9 Å². The van der Waals surface area contributed by atoms with E-state index in [0.29, 0.717) is 11.6 Å². The second kappa shape index (κ2) is 7.47. The Morgan fingerprint density at radius 2 is 2.00 bits per heavy atom. The van der Waals surface area contributed by atoms with E-state index in [2.05, 4.69) is 16.8 Å². The SMILES string of the molecule is CCC1CCCCN1C(=O)c1cncc(N(C)c2ccccc2)c1. The van der Waals surface area contributed by atoms with Gasteiger partial charge in [0.25, 0.3) is 5.91 Å². The molecule has 3 rings (SSSR count). The van der Waals surface area contributed by atoms with Gasteiger partial charge in [-0.15, -0.1) is 0 Å². The van der Waals surface area contributed by atoms with Crippen LogP contribution in [0.3, 0.4) is 0 Å². The minimum absolute atomic E-state index is 0.109. The molecule has 0 aliphatic carbocycles. The molecule has 1 unspecified atom stereocenters. The number of para-hydroxylation sites is 1. The number of piperidine rings is 1. The van der Waals surface area contributed by atoms with Crippen LogP contribution in [-0.2, 0) is 0 Å². The van der Waals surface area contributed by atoms with Crippen molar-refractivity contribution in [3.05, 3.63) is 54.4 Å². The predicted octanol–water partition coefficient (Wildman–Crippen LogP) is 4.25. The van der Waals surface area contributed by atoms with E-state index in [1.807, 2.05) is 48.3 Å². The van der Waals surface area contributed by atoms with Gasteiger partial charge in [0.2, 0.25) is 0 Å². The summed E-state index contributed by atoms with van der Waals surface area (Å²) in [6.07, 6.45) is 7.93. The van der Waals surface area contributed by atoms with Gasteiger partial charge in [-0.2, -0.15) is 0 Å². The zero-order chi connectivity index (χ0) is 16.9. The topological polar surface area (TPSA) is 36.4 Å². The highest BCUT2D eigenvalue weighted by molar-refractivity contribution is 5.95. The molecular weight excluding hydrogens is 298 g/mol. The summed E-state index contributed by atoms with van der Waals surface area (Å²) >= 11 is 0. The summed E-state index contributed by atoms with van der Waals surface area (Å²) in [5, 5.41) is 0. The molecule has 1 saturated heterocycles. The molecule has 0 saturated carbocycles. The molecule has 2 aromatic rings. The molecule has 1 fully saturated rings. The molecule has 24 heavy (non-hydrogen) atoms. The van der Waals surface area contributed by atoms with Crippen LogP contribution in [-0.4, -0.2) is 35.4 Å². The van der Waals surface area contributed by atoms with Crippen molar-refractivity contribution in [1.82, 2.24) is 9.88 Å². The van der Waals surface area contributed by atoms with Crippen molar-refractivity contribution >= 4 is 17.3 Å². The number of amides is 1. The smallest absolute Gasteiger partial charge is 0.255 e. The average molecular weight is 323 g/mol. The number of carbonyl (C=O) groups excluding carboxylic acids is 1. The molecule has 0 spiro atoms. The molecule has 126 valence electrons. The summed E-state index contributed by atoms with van der Waals surface area (Å²) < 4.78 is 0. The maximum Gasteiger partial charge on any atom is 0.255 e. The first kappa shape index (κ1) is 16.5. The van der Waals surface area contributed by atoms with Gasteiger partial charge >= 0.3 is 0 Å². The highest BCUT2D eigenvalue weighted by Gasteiger charge is 2.26. The first-order valence-corrected chi connectivity index (χ1v) is 8.75. The van der Waals surface area contributed by atoms with E-state index < -0.39 is 0 Å². The van der Waals surface area contributed by atoms with E-state index >= 15 is 0 Å². The van der Waals surface area contributed by atoms with Crippen molar-refractivity contribution in [2.45, 2.75) is 38.6 Å². The molecule has 2 heterocycles. The molecule has 4 heteroatoms. The molecule has 4 nitrogen and oxygen atoms in total. The summed E-state index contributed by atoms with van der Waals surface area (Å²) in [5.74, 6) is 0.109. The first-order chi connectivity index (χ1) is 11.7. The van der Waals surface area contributed by atoms with Gasteiger partial charge in [-0.3, -0.25) is 9.78 Å². The quantitative estimate of drug-likeness (QED) is 0.844. The number of anilines is 2. The van der Waals surface area contributed by atoms with E-state index in [4.69, 9.17) is 0 Å². The van der Waals surface area contributed by atoms with Gasteiger partial charge in [0, 0.05) is 31.5 Å². The van der Waals surface area contributed by atoms with Crippen molar-refractivity contribution in [2.24, 2.45) is 0 Å². The fourth-order valence-corrected chi connectivity index (χ4v) is 3.39. The van der Waals surface area contributed by atoms with Crippen LogP contribution in [0.15, 0.2) is 48.8 Å². The van der Waals surface area contributed by atoms with Gasteiger partial charge in [0.05, 0.1) is 17.4 Å². The van der Waals surface area contributed by atoms with Crippen LogP contribution >= 0.6 is 0 Å². The number of aromatic nitrogens is 1. The van der Waals surface area contributed by atoms with Crippen LogP contribution < -0.4 is 4.90 Å². The van der Waals surface area contributed by atoms with E-state index in [0.717, 1.165) is 37.2 Å². The molecule has 0 bridgehead atoms. The minimum atomic E-state index is 0.109. The Balaban J connectivity index is 1.83. The number of likely N-dealkylation sites (tertiary alicyclic amines) is 1. The van der Waals surface area contributed by atoms with Crippen molar-refractivity contribution in [3.63, 3.8) is 0 Å². The number of carbonyl (C=O) groups is 1. The normalized spacial score (nSPS) is 17.6. The fourth-order valence-electron chi connectivity index (χ4n) is 3.39. The Bertz CT molecular complexity index is 686. The largest absolute Gasteiger partial charge is 0.343 e. The minimum Gasteiger partial charge on any atom is -0.343 e. The molecule has 1 atom stereocenters. The Hall–Kier alpha value is -2.36. The van der Waals surface area contributed by atoms with Gasteiger partial charge < -0.3 is 9.80 Å². The summed E-state index contributed by atoms with van der Waals surface area (Å²) in [4.78, 5) is 21.3. The molecule has 1 amide bonds. The monoisotopic (exact) mass is 323 g/mol. The highest BCUT2D eigenvalue weighted by atomic mass is 16.2. The summed E-state index contributed by atoms with van der Waals surface area (Å²) in [6.45, 7) is 3.02. The van der Waals surface area contributed by atoms with Crippen LogP contribution in [0.2, 0.25) is 0 Å². The standard InChI is InChI=1S/C20H25N3O/c1-3-17-9-7-8-12-23(17)20(24)16-13-19(15-21-14-16)22(2)18-10-5-4-6-11-18/h4-6,10-11,13-15,17H,3,7-9,12H2,1-2H3. The number of rotatable bonds is 4. The second-order valence-corrected chi connectivity index (χ2v) is 6.38. The van der Waals surface area contributed by atoms with Crippen molar-refractivity contribution in [1.29, 1.82) is 0 Å². The Kier molecular flexibility index (Phi) is 5.14. The molecule has 1 aromatic heterocycles. The maximum absolute atomic E-state index is 12.9. The fraction of sp³-hybridized carbons (Fsp3) is 0.400. The number of pyridine rings is 1. The molecule has 1 aromatic carbocycles. The second-order valence-electron chi connectivity index (χ2n) is 6.38. The Morgan fingerprint density at radius 1 is 1.21 bits per heavy atom. The molecular formula is C20H25N3O. The Morgan fingerprint density at radius 3 is 2.75 bits per heavy atom. The van der Waals surface area contributed by atoms with E-state index in [1.165, 1.54) is 6.42 Å². The molecule has 1 aliphatic rings. The lowest BCUT2D eigenvalue weighted by atomic mass is 9.99. The van der Waals surface area contributed by atoms with E-state index in [9.17, 15) is 4.79 Å². The first-order valence-electron chi connectivity index (χ1n) is 8.75. The third kappa shape index (κ3) is 3.42. The van der Waals surface area contributed by atoms with Gasteiger partial charge in [-0.25, -0.2) is 0 Å². The van der Waals surface area contributed by atoms with Gasteiger partial charge in [0.1, 0.15) is 0 Å². The van der Waals surface area contributed by atoms with Crippen LogP contribution in [0.5, 0.6) is 0 Å². The van der Waals surface area contributed by atoms with Crippen molar-refractivity contribution in [3.8, 4) is 0 Å². The predicted molar refractivity (Wildman–Crippen MR) is 97.7 cm³/mol. The zero-order valence-corrected chi connectivity index (χ0v) is 14.5. The highest BCUT2D eigenvalue weighted by Crippen LogP contribution is 2.25. The van der Waals surface area contributed by atoms with Crippen LogP contribution in [0.4, 0.5) is 11.4 Å². The van der Waals surface area contributed by atoms with Gasteiger partial charge in [0.15, 0.2) is 0 Å². The maximum atomic E-state index is 12.9. The van der Waals surface area contributed by atoms with Crippen LogP contribution in [0.25, 0.3) is 0 Å². The number of hydrogen-bond donors (Lipinski definition) is 0. The average Bonchev–Trinajstić information content (AvgIpc) is 2.67. The van der Waals surface area contributed by atoms with E-state index in [1.54, 1.807) is 12.4 Å². The lowest BCUT2D eigenvalue weighted by Gasteiger charge is -2.35. The molecule has 1 aliphatic heterocycles. The van der Waals surface area contributed by atoms with Crippen LogP contribution in [0.1, 0.15) is 43.0 Å². The number of benzene rings is 1.